The van der Waals surface area contributed by atoms with Crippen molar-refractivity contribution in [1.29, 1.82) is 0 Å². The average molecular weight is 334 g/mol. The van der Waals surface area contributed by atoms with Crippen molar-refractivity contribution in [2.45, 2.75) is 6.42 Å². The number of aromatic nitrogens is 3. The lowest BCUT2D eigenvalue weighted by Crippen LogP contribution is -2.10. The standard InChI is InChI=1S/C19H12ClN3O/c20-12-7-5-10(6-8-12)16-18-15(19(24)23-22-16)14-9-11-3-1-2-4-13(11)17(14)21-18/h1-8,21H,9H2,(H,23,24). The van der Waals surface area contributed by atoms with E-state index >= 15 is 0 Å². The molecule has 116 valence electrons. The van der Waals surface area contributed by atoms with Gasteiger partial charge >= 0.3 is 0 Å². The van der Waals surface area contributed by atoms with Crippen molar-refractivity contribution in [2.24, 2.45) is 0 Å². The highest BCUT2D eigenvalue weighted by Gasteiger charge is 2.26. The van der Waals surface area contributed by atoms with Gasteiger partial charge in [-0.25, -0.2) is 5.10 Å². The van der Waals surface area contributed by atoms with Crippen molar-refractivity contribution in [3.63, 3.8) is 0 Å². The molecule has 4 aromatic rings. The van der Waals surface area contributed by atoms with E-state index in [0.717, 1.165) is 40.0 Å². The van der Waals surface area contributed by atoms with E-state index in [4.69, 9.17) is 11.6 Å². The molecule has 0 unspecified atom stereocenters. The van der Waals surface area contributed by atoms with Gasteiger partial charge in [-0.05, 0) is 23.3 Å². The molecule has 2 heterocycles. The van der Waals surface area contributed by atoms with Gasteiger partial charge in [0.1, 0.15) is 5.69 Å². The maximum Gasteiger partial charge on any atom is 0.273 e. The average Bonchev–Trinajstić information content (AvgIpc) is 3.13. The zero-order valence-corrected chi connectivity index (χ0v) is 13.3. The molecule has 0 fully saturated rings. The summed E-state index contributed by atoms with van der Waals surface area (Å²) in [6, 6.07) is 15.7. The van der Waals surface area contributed by atoms with Gasteiger partial charge < -0.3 is 4.98 Å². The number of benzene rings is 2. The highest BCUT2D eigenvalue weighted by atomic mass is 35.5. The normalized spacial score (nSPS) is 12.4. The maximum absolute atomic E-state index is 12.4. The SMILES string of the molecule is O=c1[nH]nc(-c2ccc(Cl)cc2)c2[nH]c3c(c12)Cc1ccccc1-3. The molecule has 2 aromatic carbocycles. The Labute approximate surface area is 142 Å². The van der Waals surface area contributed by atoms with E-state index < -0.39 is 0 Å². The number of halogens is 1. The number of rotatable bonds is 1. The van der Waals surface area contributed by atoms with Crippen LogP contribution in [0.25, 0.3) is 33.4 Å². The van der Waals surface area contributed by atoms with E-state index in [0.29, 0.717) is 10.4 Å². The summed E-state index contributed by atoms with van der Waals surface area (Å²) < 4.78 is 0. The molecule has 0 spiro atoms. The Hall–Kier alpha value is -2.85. The van der Waals surface area contributed by atoms with Gasteiger partial charge in [-0.3, -0.25) is 4.79 Å². The molecule has 0 saturated heterocycles. The summed E-state index contributed by atoms with van der Waals surface area (Å²) in [7, 11) is 0. The Kier molecular flexibility index (Phi) is 2.73. The van der Waals surface area contributed by atoms with E-state index in [-0.39, 0.29) is 5.56 Å². The number of hydrogen-bond acceptors (Lipinski definition) is 2. The van der Waals surface area contributed by atoms with Crippen LogP contribution < -0.4 is 5.56 Å². The molecule has 0 bridgehead atoms. The molecule has 5 rings (SSSR count). The first-order chi connectivity index (χ1) is 11.7. The second-order valence-corrected chi connectivity index (χ2v) is 6.41. The summed E-state index contributed by atoms with van der Waals surface area (Å²) in [6.07, 6.45) is 0.763. The van der Waals surface area contributed by atoms with Gasteiger partial charge in [-0.1, -0.05) is 48.0 Å². The Morgan fingerprint density at radius 2 is 1.83 bits per heavy atom. The van der Waals surface area contributed by atoms with E-state index in [2.05, 4.69) is 27.3 Å². The molecule has 5 heteroatoms. The highest BCUT2D eigenvalue weighted by molar-refractivity contribution is 6.30. The van der Waals surface area contributed by atoms with Crippen molar-refractivity contribution in [1.82, 2.24) is 15.2 Å². The van der Waals surface area contributed by atoms with Crippen LogP contribution in [0.1, 0.15) is 11.1 Å². The summed E-state index contributed by atoms with van der Waals surface area (Å²) in [5, 5.41) is 8.27. The minimum Gasteiger partial charge on any atom is -0.352 e. The molecular formula is C19H12ClN3O. The van der Waals surface area contributed by atoms with Gasteiger partial charge in [0.2, 0.25) is 0 Å². The number of fused-ring (bicyclic) bond motifs is 5. The number of hydrogen-bond donors (Lipinski definition) is 2. The third-order valence-corrected chi connectivity index (χ3v) is 4.86. The van der Waals surface area contributed by atoms with Crippen molar-refractivity contribution >= 4 is 22.5 Å². The molecule has 0 atom stereocenters. The molecular weight excluding hydrogens is 322 g/mol. The van der Waals surface area contributed by atoms with E-state index in [9.17, 15) is 4.79 Å². The number of aromatic amines is 2. The molecule has 0 amide bonds. The third kappa shape index (κ3) is 1.80. The predicted octanol–water partition coefficient (Wildman–Crippen LogP) is 4.14. The quantitative estimate of drug-likeness (QED) is 0.484. The van der Waals surface area contributed by atoms with Crippen LogP contribution in [-0.4, -0.2) is 15.2 Å². The molecule has 2 N–H and O–H groups in total. The van der Waals surface area contributed by atoms with Gasteiger partial charge in [0, 0.05) is 22.6 Å². The Bertz CT molecular complexity index is 1160. The smallest absolute Gasteiger partial charge is 0.273 e. The van der Waals surface area contributed by atoms with Crippen LogP contribution >= 0.6 is 11.6 Å². The maximum atomic E-state index is 12.4. The van der Waals surface area contributed by atoms with Crippen LogP contribution in [0.4, 0.5) is 0 Å². The first-order valence-corrected chi connectivity index (χ1v) is 8.07. The van der Waals surface area contributed by atoms with Gasteiger partial charge in [-0.2, -0.15) is 5.10 Å². The largest absolute Gasteiger partial charge is 0.352 e. The van der Waals surface area contributed by atoms with Crippen LogP contribution in [0, 0.1) is 0 Å². The molecule has 0 radical (unpaired) electrons. The molecule has 4 nitrogen and oxygen atoms in total. The number of H-pyrrole nitrogens is 2. The second kappa shape index (κ2) is 4.82. The van der Waals surface area contributed by atoms with Gasteiger partial charge in [0.15, 0.2) is 0 Å². The monoisotopic (exact) mass is 333 g/mol. The van der Waals surface area contributed by atoms with Crippen LogP contribution in [-0.2, 0) is 6.42 Å². The fraction of sp³-hybridized carbons (Fsp3) is 0.0526. The van der Waals surface area contributed by atoms with Crippen molar-refractivity contribution in [3.05, 3.63) is 75.0 Å². The second-order valence-electron chi connectivity index (χ2n) is 5.97. The summed E-state index contributed by atoms with van der Waals surface area (Å²) in [5.74, 6) is 0. The summed E-state index contributed by atoms with van der Waals surface area (Å²) >= 11 is 5.97. The fourth-order valence-electron chi connectivity index (χ4n) is 3.52. The van der Waals surface area contributed by atoms with Crippen LogP contribution in [0.2, 0.25) is 5.02 Å². The summed E-state index contributed by atoms with van der Waals surface area (Å²) in [4.78, 5) is 15.9. The number of nitrogens with zero attached hydrogens (tertiary/aromatic N) is 1. The van der Waals surface area contributed by atoms with Crippen molar-refractivity contribution in [3.8, 4) is 22.5 Å². The van der Waals surface area contributed by atoms with Gasteiger partial charge in [-0.15, -0.1) is 0 Å². The van der Waals surface area contributed by atoms with Crippen LogP contribution in [0.15, 0.2) is 53.3 Å². The van der Waals surface area contributed by atoms with Gasteiger partial charge in [0.05, 0.1) is 16.6 Å². The van der Waals surface area contributed by atoms with Crippen molar-refractivity contribution in [2.75, 3.05) is 0 Å². The molecule has 0 aliphatic heterocycles. The van der Waals surface area contributed by atoms with E-state index in [1.54, 1.807) is 0 Å². The fourth-order valence-corrected chi connectivity index (χ4v) is 3.64. The van der Waals surface area contributed by atoms with Gasteiger partial charge in [0.25, 0.3) is 5.56 Å². The molecule has 2 aromatic heterocycles. The first kappa shape index (κ1) is 13.6. The molecule has 1 aliphatic rings. The third-order valence-electron chi connectivity index (χ3n) is 4.61. The van der Waals surface area contributed by atoms with Crippen LogP contribution in [0.3, 0.4) is 0 Å². The topological polar surface area (TPSA) is 61.5 Å². The summed E-state index contributed by atoms with van der Waals surface area (Å²) in [5.41, 5.74) is 6.73. The molecule has 1 aliphatic carbocycles. The minimum atomic E-state index is -0.159. The zero-order valence-electron chi connectivity index (χ0n) is 12.6. The lowest BCUT2D eigenvalue weighted by molar-refractivity contribution is 1.01. The Morgan fingerprint density at radius 1 is 1.04 bits per heavy atom. The molecule has 0 saturated carbocycles. The first-order valence-electron chi connectivity index (χ1n) is 7.70. The lowest BCUT2D eigenvalue weighted by atomic mass is 10.1. The van der Waals surface area contributed by atoms with E-state index in [1.807, 2.05) is 36.4 Å². The Morgan fingerprint density at radius 3 is 2.67 bits per heavy atom. The zero-order chi connectivity index (χ0) is 16.3. The number of nitrogens with one attached hydrogen (secondary N) is 2. The minimum absolute atomic E-state index is 0.159. The highest BCUT2D eigenvalue weighted by Crippen LogP contribution is 2.40. The van der Waals surface area contributed by atoms with E-state index in [1.165, 1.54) is 5.56 Å². The predicted molar refractivity (Wildman–Crippen MR) is 95.4 cm³/mol. The van der Waals surface area contributed by atoms with Crippen LogP contribution in [0.5, 0.6) is 0 Å². The van der Waals surface area contributed by atoms with Crippen molar-refractivity contribution < 1.29 is 0 Å². The molecule has 24 heavy (non-hydrogen) atoms. The summed E-state index contributed by atoms with van der Waals surface area (Å²) in [6.45, 7) is 0. The Balaban J connectivity index is 1.83. The lowest BCUT2D eigenvalue weighted by Gasteiger charge is -2.04.